The molecule has 1 fully saturated rings. The molecule has 1 aliphatic heterocycles. The zero-order valence-electron chi connectivity index (χ0n) is 10.7. The van der Waals surface area contributed by atoms with Crippen molar-refractivity contribution in [1.29, 1.82) is 0 Å². The van der Waals surface area contributed by atoms with Gasteiger partial charge in [0.1, 0.15) is 0 Å². The van der Waals surface area contributed by atoms with Crippen molar-refractivity contribution in [2.45, 2.75) is 26.4 Å². The van der Waals surface area contributed by atoms with E-state index < -0.39 is 0 Å². The summed E-state index contributed by atoms with van der Waals surface area (Å²) in [5, 5.41) is 15.2. The summed E-state index contributed by atoms with van der Waals surface area (Å²) < 4.78 is 0. The Balaban J connectivity index is 2.01. The molecular formula is C14H20N2O2. The third kappa shape index (κ3) is 2.89. The lowest BCUT2D eigenvalue weighted by Crippen LogP contribution is -2.42. The van der Waals surface area contributed by atoms with E-state index in [1.165, 1.54) is 0 Å². The number of aliphatic hydroxyl groups excluding tert-OH is 1. The predicted octanol–water partition coefficient (Wildman–Crippen LogP) is 1.51. The summed E-state index contributed by atoms with van der Waals surface area (Å²) in [7, 11) is 0. The van der Waals surface area contributed by atoms with E-state index in [1.54, 1.807) is 0 Å². The van der Waals surface area contributed by atoms with Gasteiger partial charge in [-0.05, 0) is 43.6 Å². The monoisotopic (exact) mass is 248 g/mol. The van der Waals surface area contributed by atoms with E-state index in [1.807, 2.05) is 31.2 Å². The maximum absolute atomic E-state index is 12.3. The van der Waals surface area contributed by atoms with Crippen molar-refractivity contribution in [3.63, 3.8) is 0 Å². The molecule has 2 rings (SSSR count). The van der Waals surface area contributed by atoms with Crippen LogP contribution in [0.3, 0.4) is 0 Å². The molecule has 0 aliphatic carbocycles. The first-order valence-corrected chi connectivity index (χ1v) is 6.36. The lowest BCUT2D eigenvalue weighted by Gasteiger charge is -2.32. The van der Waals surface area contributed by atoms with Gasteiger partial charge in [0.25, 0.3) is 0 Å². The minimum absolute atomic E-state index is 0.0254. The molecule has 0 aromatic heterocycles. The summed E-state index contributed by atoms with van der Waals surface area (Å²) in [4.78, 5) is 12.3. The van der Waals surface area contributed by atoms with E-state index in [-0.39, 0.29) is 17.9 Å². The van der Waals surface area contributed by atoms with Crippen LogP contribution in [0.4, 0.5) is 5.69 Å². The van der Waals surface area contributed by atoms with E-state index in [4.69, 9.17) is 5.11 Å². The Morgan fingerprint density at radius 2 is 1.94 bits per heavy atom. The summed E-state index contributed by atoms with van der Waals surface area (Å²) in [6.07, 6.45) is 1.74. The number of anilines is 1. The quantitative estimate of drug-likeness (QED) is 0.760. The number of hydrogen-bond acceptors (Lipinski definition) is 3. The van der Waals surface area contributed by atoms with Gasteiger partial charge in [-0.1, -0.05) is 19.1 Å². The lowest BCUT2D eigenvalue weighted by atomic mass is 9.80. The largest absolute Gasteiger partial charge is 0.392 e. The van der Waals surface area contributed by atoms with Crippen LogP contribution in [0.1, 0.15) is 25.3 Å². The van der Waals surface area contributed by atoms with Gasteiger partial charge in [0.15, 0.2) is 0 Å². The Bertz CT molecular complexity index is 408. The van der Waals surface area contributed by atoms with Crippen LogP contribution >= 0.6 is 0 Å². The topological polar surface area (TPSA) is 61.4 Å². The third-order valence-electron chi connectivity index (χ3n) is 3.65. The fourth-order valence-electron chi connectivity index (χ4n) is 2.18. The number of piperidine rings is 1. The molecule has 0 spiro atoms. The van der Waals surface area contributed by atoms with Gasteiger partial charge in [-0.2, -0.15) is 0 Å². The number of benzene rings is 1. The molecule has 0 bridgehead atoms. The third-order valence-corrected chi connectivity index (χ3v) is 3.65. The Hall–Kier alpha value is -1.39. The predicted molar refractivity (Wildman–Crippen MR) is 71.2 cm³/mol. The van der Waals surface area contributed by atoms with Crippen molar-refractivity contribution < 1.29 is 9.90 Å². The summed E-state index contributed by atoms with van der Waals surface area (Å²) in [5.41, 5.74) is 1.36. The summed E-state index contributed by atoms with van der Waals surface area (Å²) in [6.45, 7) is 3.84. The van der Waals surface area contributed by atoms with Gasteiger partial charge in [-0.3, -0.25) is 4.79 Å². The van der Waals surface area contributed by atoms with Crippen molar-refractivity contribution in [2.75, 3.05) is 18.4 Å². The van der Waals surface area contributed by atoms with Crippen LogP contribution in [0.2, 0.25) is 0 Å². The van der Waals surface area contributed by atoms with Crippen LogP contribution < -0.4 is 10.6 Å². The van der Waals surface area contributed by atoms with Crippen molar-refractivity contribution in [3.8, 4) is 0 Å². The number of carbonyl (C=O) groups excluding carboxylic acids is 1. The Morgan fingerprint density at radius 1 is 1.33 bits per heavy atom. The van der Waals surface area contributed by atoms with E-state index in [2.05, 4.69) is 10.6 Å². The number of carbonyl (C=O) groups is 1. The molecule has 0 atom stereocenters. The molecule has 1 aromatic rings. The molecule has 4 heteroatoms. The van der Waals surface area contributed by atoms with Crippen LogP contribution in [-0.2, 0) is 11.4 Å². The highest BCUT2D eigenvalue weighted by Gasteiger charge is 2.34. The molecule has 4 nitrogen and oxygen atoms in total. The molecule has 1 aliphatic rings. The second kappa shape index (κ2) is 5.50. The van der Waals surface area contributed by atoms with Crippen molar-refractivity contribution in [3.05, 3.63) is 29.8 Å². The van der Waals surface area contributed by atoms with E-state index in [0.29, 0.717) is 0 Å². The average molecular weight is 248 g/mol. The molecule has 1 saturated heterocycles. The molecule has 3 N–H and O–H groups in total. The first-order chi connectivity index (χ1) is 8.64. The Morgan fingerprint density at radius 3 is 2.50 bits per heavy atom. The normalized spacial score (nSPS) is 18.3. The van der Waals surface area contributed by atoms with Crippen molar-refractivity contribution >= 4 is 11.6 Å². The summed E-state index contributed by atoms with van der Waals surface area (Å²) in [5.74, 6) is 0.0840. The van der Waals surface area contributed by atoms with Crippen molar-refractivity contribution in [2.24, 2.45) is 5.41 Å². The van der Waals surface area contributed by atoms with Crippen LogP contribution in [0, 0.1) is 5.41 Å². The van der Waals surface area contributed by atoms with Gasteiger partial charge in [0, 0.05) is 11.1 Å². The minimum Gasteiger partial charge on any atom is -0.392 e. The molecule has 98 valence electrons. The summed E-state index contributed by atoms with van der Waals surface area (Å²) >= 11 is 0. The van der Waals surface area contributed by atoms with Gasteiger partial charge >= 0.3 is 0 Å². The smallest absolute Gasteiger partial charge is 0.230 e. The van der Waals surface area contributed by atoms with Crippen molar-refractivity contribution in [1.82, 2.24) is 5.32 Å². The maximum atomic E-state index is 12.3. The number of amides is 1. The molecule has 0 radical (unpaired) electrons. The highest BCUT2D eigenvalue weighted by molar-refractivity contribution is 5.95. The number of aliphatic hydroxyl groups is 1. The van der Waals surface area contributed by atoms with Crippen LogP contribution in [0.5, 0.6) is 0 Å². The first-order valence-electron chi connectivity index (χ1n) is 6.36. The fourth-order valence-corrected chi connectivity index (χ4v) is 2.18. The SMILES string of the molecule is CC1(C(=O)Nc2ccc(CO)cc2)CCNCC1. The number of rotatable bonds is 3. The maximum Gasteiger partial charge on any atom is 0.230 e. The van der Waals surface area contributed by atoms with E-state index in [0.717, 1.165) is 37.2 Å². The molecular weight excluding hydrogens is 228 g/mol. The van der Waals surface area contributed by atoms with Gasteiger partial charge in [0.2, 0.25) is 5.91 Å². The average Bonchev–Trinajstić information content (AvgIpc) is 2.40. The Labute approximate surface area is 107 Å². The van der Waals surface area contributed by atoms with Crippen LogP contribution in [0.15, 0.2) is 24.3 Å². The summed E-state index contributed by atoms with van der Waals surface area (Å²) in [6, 6.07) is 7.29. The van der Waals surface area contributed by atoms with E-state index in [9.17, 15) is 4.79 Å². The second-order valence-corrected chi connectivity index (χ2v) is 5.12. The zero-order valence-corrected chi connectivity index (χ0v) is 10.7. The fraction of sp³-hybridized carbons (Fsp3) is 0.500. The molecule has 18 heavy (non-hydrogen) atoms. The lowest BCUT2D eigenvalue weighted by molar-refractivity contribution is -0.126. The van der Waals surface area contributed by atoms with Gasteiger partial charge in [-0.15, -0.1) is 0 Å². The zero-order chi connectivity index (χ0) is 13.0. The Kier molecular flexibility index (Phi) is 3.99. The highest BCUT2D eigenvalue weighted by Crippen LogP contribution is 2.29. The molecule has 1 heterocycles. The second-order valence-electron chi connectivity index (χ2n) is 5.12. The molecule has 0 saturated carbocycles. The number of nitrogens with one attached hydrogen (secondary N) is 2. The highest BCUT2D eigenvalue weighted by atomic mass is 16.3. The molecule has 0 unspecified atom stereocenters. The van der Waals surface area contributed by atoms with Gasteiger partial charge in [-0.25, -0.2) is 0 Å². The van der Waals surface area contributed by atoms with Crippen LogP contribution in [-0.4, -0.2) is 24.1 Å². The van der Waals surface area contributed by atoms with Crippen LogP contribution in [0.25, 0.3) is 0 Å². The van der Waals surface area contributed by atoms with E-state index >= 15 is 0 Å². The van der Waals surface area contributed by atoms with Gasteiger partial charge < -0.3 is 15.7 Å². The number of hydrogen-bond donors (Lipinski definition) is 3. The van der Waals surface area contributed by atoms with Gasteiger partial charge in [0.05, 0.1) is 6.61 Å². The first kappa shape index (κ1) is 13.1. The molecule has 1 aromatic carbocycles. The minimum atomic E-state index is -0.277. The molecule has 1 amide bonds. The standard InChI is InChI=1S/C14H20N2O2/c1-14(6-8-15-9-7-14)13(18)16-12-4-2-11(10-17)3-5-12/h2-5,15,17H,6-10H2,1H3,(H,16,18).